The molecule has 1 aromatic carbocycles. The topological polar surface area (TPSA) is 101 Å². The summed E-state index contributed by atoms with van der Waals surface area (Å²) >= 11 is 5.78. The van der Waals surface area contributed by atoms with Gasteiger partial charge in [-0.2, -0.15) is 0 Å². The third kappa shape index (κ3) is 3.46. The molecule has 0 saturated carbocycles. The second-order valence-electron chi connectivity index (χ2n) is 3.91. The molecule has 0 radical (unpaired) electrons. The fourth-order valence-corrected chi connectivity index (χ4v) is 2.98. The lowest BCUT2D eigenvalue weighted by atomic mass is 10.3. The number of H-pyrrole nitrogens is 1. The molecule has 102 valence electrons. The van der Waals surface area contributed by atoms with Gasteiger partial charge in [0.2, 0.25) is 10.0 Å². The van der Waals surface area contributed by atoms with Crippen molar-refractivity contribution in [3.8, 4) is 0 Å². The van der Waals surface area contributed by atoms with Gasteiger partial charge in [0, 0.05) is 29.9 Å². The van der Waals surface area contributed by atoms with Crippen LogP contribution in [0.15, 0.2) is 35.6 Å². The van der Waals surface area contributed by atoms with Gasteiger partial charge in [-0.3, -0.25) is 0 Å². The Hall–Kier alpha value is -1.57. The maximum atomic E-state index is 12.1. The van der Waals surface area contributed by atoms with Crippen molar-refractivity contribution in [3.05, 3.63) is 41.4 Å². The molecule has 0 atom stereocenters. The molecule has 0 aliphatic rings. The van der Waals surface area contributed by atoms with Crippen LogP contribution in [0.5, 0.6) is 0 Å². The molecule has 6 nitrogen and oxygen atoms in total. The minimum Gasteiger partial charge on any atom is -0.398 e. The number of sulfonamides is 1. The van der Waals surface area contributed by atoms with Crippen molar-refractivity contribution < 1.29 is 8.42 Å². The third-order valence-electron chi connectivity index (χ3n) is 2.51. The lowest BCUT2D eigenvalue weighted by Crippen LogP contribution is -2.26. The zero-order valence-corrected chi connectivity index (χ0v) is 11.5. The Labute approximate surface area is 116 Å². The minimum absolute atomic E-state index is 0.00962. The Morgan fingerprint density at radius 1 is 1.42 bits per heavy atom. The number of imidazole rings is 1. The predicted molar refractivity (Wildman–Crippen MR) is 73.3 cm³/mol. The smallest absolute Gasteiger partial charge is 0.242 e. The van der Waals surface area contributed by atoms with Gasteiger partial charge in [0.1, 0.15) is 4.90 Å². The monoisotopic (exact) mass is 300 g/mol. The second kappa shape index (κ2) is 5.60. The average molecular weight is 301 g/mol. The molecule has 0 bridgehead atoms. The molecule has 0 fully saturated rings. The zero-order valence-electron chi connectivity index (χ0n) is 9.93. The molecule has 2 rings (SSSR count). The van der Waals surface area contributed by atoms with E-state index < -0.39 is 10.0 Å². The normalized spacial score (nSPS) is 11.6. The minimum atomic E-state index is -3.66. The average Bonchev–Trinajstić information content (AvgIpc) is 2.85. The number of hydrogen-bond donors (Lipinski definition) is 3. The number of aromatic nitrogens is 2. The van der Waals surface area contributed by atoms with Crippen LogP contribution in [0.3, 0.4) is 0 Å². The van der Waals surface area contributed by atoms with Crippen LogP contribution in [0.4, 0.5) is 5.69 Å². The van der Waals surface area contributed by atoms with E-state index in [1.807, 2.05) is 0 Å². The van der Waals surface area contributed by atoms with Crippen LogP contribution in [0.1, 0.15) is 5.69 Å². The van der Waals surface area contributed by atoms with Gasteiger partial charge in [0.05, 0.1) is 12.0 Å². The zero-order chi connectivity index (χ0) is 13.9. The highest BCUT2D eigenvalue weighted by molar-refractivity contribution is 7.89. The van der Waals surface area contributed by atoms with Crippen LogP contribution in [-0.4, -0.2) is 24.9 Å². The van der Waals surface area contributed by atoms with Gasteiger partial charge >= 0.3 is 0 Å². The number of nitrogens with zero attached hydrogens (tertiary/aromatic N) is 1. The van der Waals surface area contributed by atoms with Crippen molar-refractivity contribution in [2.75, 3.05) is 12.3 Å². The number of nitrogens with two attached hydrogens (primary N) is 1. The fraction of sp³-hybridized carbons (Fsp3) is 0.182. The number of nitrogen functional groups attached to an aromatic ring is 1. The van der Waals surface area contributed by atoms with E-state index in [-0.39, 0.29) is 17.1 Å². The van der Waals surface area contributed by atoms with Gasteiger partial charge in [0.15, 0.2) is 0 Å². The molecule has 0 spiro atoms. The van der Waals surface area contributed by atoms with E-state index in [1.54, 1.807) is 18.6 Å². The van der Waals surface area contributed by atoms with E-state index in [2.05, 4.69) is 14.7 Å². The van der Waals surface area contributed by atoms with Gasteiger partial charge in [-0.25, -0.2) is 18.1 Å². The summed E-state index contributed by atoms with van der Waals surface area (Å²) in [6, 6.07) is 4.34. The SMILES string of the molecule is Nc1ccc(Cl)cc1S(=O)(=O)NCCc1cnc[nH]1. The molecular weight excluding hydrogens is 288 g/mol. The van der Waals surface area contributed by atoms with Gasteiger partial charge in [0.25, 0.3) is 0 Å². The first-order valence-electron chi connectivity index (χ1n) is 5.51. The van der Waals surface area contributed by atoms with Crippen LogP contribution >= 0.6 is 11.6 Å². The maximum absolute atomic E-state index is 12.1. The summed E-state index contributed by atoms with van der Waals surface area (Å²) in [7, 11) is -3.66. The lowest BCUT2D eigenvalue weighted by molar-refractivity contribution is 0.582. The highest BCUT2D eigenvalue weighted by Gasteiger charge is 2.17. The molecule has 19 heavy (non-hydrogen) atoms. The Kier molecular flexibility index (Phi) is 4.08. The molecule has 4 N–H and O–H groups in total. The number of anilines is 1. The number of nitrogens with one attached hydrogen (secondary N) is 2. The van der Waals surface area contributed by atoms with Crippen molar-refractivity contribution in [2.45, 2.75) is 11.3 Å². The number of aromatic amines is 1. The number of rotatable bonds is 5. The highest BCUT2D eigenvalue weighted by Crippen LogP contribution is 2.22. The summed E-state index contributed by atoms with van der Waals surface area (Å²) in [6.45, 7) is 0.247. The summed E-state index contributed by atoms with van der Waals surface area (Å²) in [4.78, 5) is 6.73. The first-order valence-corrected chi connectivity index (χ1v) is 7.37. The van der Waals surface area contributed by atoms with E-state index in [0.717, 1.165) is 5.69 Å². The molecule has 0 saturated heterocycles. The van der Waals surface area contributed by atoms with Gasteiger partial charge in [-0.15, -0.1) is 0 Å². The molecule has 1 aromatic heterocycles. The van der Waals surface area contributed by atoms with E-state index in [4.69, 9.17) is 17.3 Å². The van der Waals surface area contributed by atoms with E-state index >= 15 is 0 Å². The van der Waals surface area contributed by atoms with E-state index in [0.29, 0.717) is 11.4 Å². The summed E-state index contributed by atoms with van der Waals surface area (Å²) < 4.78 is 26.6. The molecular formula is C11H13ClN4O2S. The standard InChI is InChI=1S/C11H13ClN4O2S/c12-8-1-2-10(13)11(5-8)19(17,18)16-4-3-9-6-14-7-15-9/h1-2,5-7,16H,3-4,13H2,(H,14,15). The Bertz CT molecular complexity index is 655. The third-order valence-corrected chi connectivity index (χ3v) is 4.26. The van der Waals surface area contributed by atoms with Crippen molar-refractivity contribution in [1.82, 2.24) is 14.7 Å². The molecule has 2 aromatic rings. The Morgan fingerprint density at radius 2 is 2.21 bits per heavy atom. The maximum Gasteiger partial charge on any atom is 0.242 e. The van der Waals surface area contributed by atoms with E-state index in [9.17, 15) is 8.42 Å². The summed E-state index contributed by atoms with van der Waals surface area (Å²) in [5.41, 5.74) is 6.66. The molecule has 0 unspecified atom stereocenters. The largest absolute Gasteiger partial charge is 0.398 e. The number of hydrogen-bond acceptors (Lipinski definition) is 4. The summed E-state index contributed by atoms with van der Waals surface area (Å²) in [5.74, 6) is 0. The molecule has 0 aliphatic carbocycles. The summed E-state index contributed by atoms with van der Waals surface area (Å²) in [5, 5.41) is 0.322. The van der Waals surface area contributed by atoms with Crippen molar-refractivity contribution in [2.24, 2.45) is 0 Å². The predicted octanol–water partition coefficient (Wildman–Crippen LogP) is 1.17. The van der Waals surface area contributed by atoms with Crippen LogP contribution in [0.25, 0.3) is 0 Å². The molecule has 0 aliphatic heterocycles. The van der Waals surface area contributed by atoms with Crippen molar-refractivity contribution >= 4 is 27.3 Å². The summed E-state index contributed by atoms with van der Waals surface area (Å²) in [6.07, 6.45) is 3.69. The van der Waals surface area contributed by atoms with Crippen molar-refractivity contribution in [1.29, 1.82) is 0 Å². The van der Waals surface area contributed by atoms with Crippen LogP contribution in [-0.2, 0) is 16.4 Å². The first kappa shape index (κ1) is 13.9. The second-order valence-corrected chi connectivity index (χ2v) is 6.08. The van der Waals surface area contributed by atoms with Gasteiger partial charge in [-0.05, 0) is 18.2 Å². The first-order chi connectivity index (χ1) is 8.99. The van der Waals surface area contributed by atoms with E-state index in [1.165, 1.54) is 12.1 Å². The number of benzene rings is 1. The fourth-order valence-electron chi connectivity index (χ4n) is 1.56. The quantitative estimate of drug-likeness (QED) is 0.721. The molecule has 8 heteroatoms. The number of halogens is 1. The van der Waals surface area contributed by atoms with Crippen LogP contribution < -0.4 is 10.5 Å². The Balaban J connectivity index is 2.07. The highest BCUT2D eigenvalue weighted by atomic mass is 35.5. The molecule has 0 amide bonds. The lowest BCUT2D eigenvalue weighted by Gasteiger charge is -2.09. The van der Waals surface area contributed by atoms with Gasteiger partial charge < -0.3 is 10.7 Å². The van der Waals surface area contributed by atoms with Crippen LogP contribution in [0.2, 0.25) is 5.02 Å². The Morgan fingerprint density at radius 3 is 2.89 bits per heavy atom. The molecule has 1 heterocycles. The van der Waals surface area contributed by atoms with Crippen molar-refractivity contribution in [3.63, 3.8) is 0 Å². The van der Waals surface area contributed by atoms with Crippen LogP contribution in [0, 0.1) is 0 Å². The van der Waals surface area contributed by atoms with Gasteiger partial charge in [-0.1, -0.05) is 11.6 Å².